The van der Waals surface area contributed by atoms with E-state index >= 15 is 0 Å². The summed E-state index contributed by atoms with van der Waals surface area (Å²) in [6, 6.07) is 21.1. The summed E-state index contributed by atoms with van der Waals surface area (Å²) in [5.41, 5.74) is 8.75. The van der Waals surface area contributed by atoms with Gasteiger partial charge in [0.1, 0.15) is 5.75 Å². The highest BCUT2D eigenvalue weighted by atomic mass is 16.3. The van der Waals surface area contributed by atoms with Crippen molar-refractivity contribution in [2.45, 2.75) is 19.8 Å². The minimum atomic E-state index is 0.396. The predicted octanol–water partition coefficient (Wildman–Crippen LogP) is 5.19. The van der Waals surface area contributed by atoms with Gasteiger partial charge in [-0.25, -0.2) is 0 Å². The molecule has 1 nitrogen and oxygen atoms in total. The topological polar surface area (TPSA) is 20.2 Å². The average molecular weight is 286 g/mol. The molecule has 108 valence electrons. The van der Waals surface area contributed by atoms with Crippen molar-refractivity contribution in [1.29, 1.82) is 0 Å². The number of benzene rings is 3. The third-order valence-electron chi connectivity index (χ3n) is 4.63. The van der Waals surface area contributed by atoms with Gasteiger partial charge in [0.05, 0.1) is 0 Å². The maximum Gasteiger partial charge on any atom is 0.119 e. The van der Waals surface area contributed by atoms with Crippen LogP contribution < -0.4 is 0 Å². The summed E-state index contributed by atoms with van der Waals surface area (Å²) in [6.45, 7) is 2.06. The number of phenolic OH excluding ortho intramolecular Hbond substituents is 1. The number of phenols is 1. The van der Waals surface area contributed by atoms with Crippen LogP contribution in [0.5, 0.6) is 5.75 Å². The lowest BCUT2D eigenvalue weighted by Crippen LogP contribution is -1.89. The fourth-order valence-electron chi connectivity index (χ4n) is 3.46. The SMILES string of the molecule is CCc1ccc(-c2cccc3c2Cc2ccccc2-3)cc1O. The lowest BCUT2D eigenvalue weighted by Gasteiger charge is -2.11. The number of aryl methyl sites for hydroxylation is 1. The second-order valence-corrected chi connectivity index (χ2v) is 5.86. The zero-order chi connectivity index (χ0) is 15.1. The summed E-state index contributed by atoms with van der Waals surface area (Å²) in [5, 5.41) is 10.2. The molecule has 1 heteroatoms. The Balaban J connectivity index is 1.87. The van der Waals surface area contributed by atoms with Crippen LogP contribution in [0.4, 0.5) is 0 Å². The fourth-order valence-corrected chi connectivity index (χ4v) is 3.46. The van der Waals surface area contributed by atoms with Gasteiger partial charge in [-0.1, -0.05) is 61.5 Å². The molecule has 0 saturated carbocycles. The zero-order valence-corrected chi connectivity index (χ0v) is 12.6. The van der Waals surface area contributed by atoms with Crippen LogP contribution in [-0.4, -0.2) is 5.11 Å². The summed E-state index contributed by atoms with van der Waals surface area (Å²) >= 11 is 0. The first kappa shape index (κ1) is 13.1. The van der Waals surface area contributed by atoms with E-state index in [2.05, 4.69) is 55.5 Å². The van der Waals surface area contributed by atoms with E-state index in [1.807, 2.05) is 12.1 Å². The van der Waals surface area contributed by atoms with Crippen LogP contribution in [0.2, 0.25) is 0 Å². The summed E-state index contributed by atoms with van der Waals surface area (Å²) in [6.07, 6.45) is 1.82. The third kappa shape index (κ3) is 1.93. The van der Waals surface area contributed by atoms with Crippen LogP contribution >= 0.6 is 0 Å². The summed E-state index contributed by atoms with van der Waals surface area (Å²) in [4.78, 5) is 0. The molecule has 0 aromatic heterocycles. The summed E-state index contributed by atoms with van der Waals surface area (Å²) in [5.74, 6) is 0.396. The van der Waals surface area contributed by atoms with E-state index in [0.717, 1.165) is 24.0 Å². The van der Waals surface area contributed by atoms with E-state index in [1.54, 1.807) is 0 Å². The highest BCUT2D eigenvalue weighted by molar-refractivity contribution is 5.85. The second kappa shape index (κ2) is 5.03. The van der Waals surface area contributed by atoms with Crippen molar-refractivity contribution >= 4 is 0 Å². The Labute approximate surface area is 130 Å². The number of hydrogen-bond donors (Lipinski definition) is 1. The van der Waals surface area contributed by atoms with Gasteiger partial charge in [-0.3, -0.25) is 0 Å². The van der Waals surface area contributed by atoms with Crippen molar-refractivity contribution in [2.24, 2.45) is 0 Å². The highest BCUT2D eigenvalue weighted by Crippen LogP contribution is 2.42. The average Bonchev–Trinajstić information content (AvgIpc) is 2.93. The molecule has 1 aliphatic carbocycles. The molecule has 1 aliphatic rings. The van der Waals surface area contributed by atoms with Gasteiger partial charge >= 0.3 is 0 Å². The van der Waals surface area contributed by atoms with Gasteiger partial charge in [0.2, 0.25) is 0 Å². The Hall–Kier alpha value is -2.54. The standard InChI is InChI=1S/C21H18O/c1-2-14-10-11-16(13-21(14)22)18-8-5-9-19-17-7-4-3-6-15(17)12-20(18)19/h3-11,13,22H,2,12H2,1H3. The molecule has 3 aromatic rings. The minimum absolute atomic E-state index is 0.396. The van der Waals surface area contributed by atoms with Gasteiger partial charge < -0.3 is 5.11 Å². The lowest BCUT2D eigenvalue weighted by molar-refractivity contribution is 0.469. The number of hydrogen-bond acceptors (Lipinski definition) is 1. The maximum absolute atomic E-state index is 10.2. The molecule has 3 aromatic carbocycles. The van der Waals surface area contributed by atoms with E-state index in [9.17, 15) is 5.11 Å². The van der Waals surface area contributed by atoms with E-state index in [-0.39, 0.29) is 0 Å². The van der Waals surface area contributed by atoms with Crippen molar-refractivity contribution in [1.82, 2.24) is 0 Å². The molecule has 0 saturated heterocycles. The maximum atomic E-state index is 10.2. The fraction of sp³-hybridized carbons (Fsp3) is 0.143. The summed E-state index contributed by atoms with van der Waals surface area (Å²) in [7, 11) is 0. The Kier molecular flexibility index (Phi) is 3.00. The first-order valence-corrected chi connectivity index (χ1v) is 7.80. The molecule has 22 heavy (non-hydrogen) atoms. The van der Waals surface area contributed by atoms with Crippen molar-refractivity contribution in [3.05, 3.63) is 77.4 Å². The third-order valence-corrected chi connectivity index (χ3v) is 4.63. The Bertz CT molecular complexity index is 862. The lowest BCUT2D eigenvalue weighted by atomic mass is 9.94. The normalized spacial score (nSPS) is 12.0. The molecule has 0 bridgehead atoms. The molecule has 0 heterocycles. The molecule has 0 fully saturated rings. The molecule has 0 amide bonds. The van der Waals surface area contributed by atoms with Crippen LogP contribution in [0.3, 0.4) is 0 Å². The number of rotatable bonds is 2. The molecular weight excluding hydrogens is 268 g/mol. The van der Waals surface area contributed by atoms with Crippen LogP contribution in [0, 0.1) is 0 Å². The number of aromatic hydroxyl groups is 1. The van der Waals surface area contributed by atoms with Gasteiger partial charge in [0, 0.05) is 0 Å². The van der Waals surface area contributed by atoms with Gasteiger partial charge in [0.15, 0.2) is 0 Å². The van der Waals surface area contributed by atoms with Crippen LogP contribution in [0.15, 0.2) is 60.7 Å². The largest absolute Gasteiger partial charge is 0.508 e. The molecule has 1 N–H and O–H groups in total. The van der Waals surface area contributed by atoms with Crippen molar-refractivity contribution in [3.8, 4) is 28.0 Å². The second-order valence-electron chi connectivity index (χ2n) is 5.86. The van der Waals surface area contributed by atoms with E-state index in [1.165, 1.54) is 27.8 Å². The Morgan fingerprint density at radius 3 is 2.45 bits per heavy atom. The first-order valence-electron chi connectivity index (χ1n) is 7.80. The molecule has 4 rings (SSSR count). The minimum Gasteiger partial charge on any atom is -0.508 e. The van der Waals surface area contributed by atoms with Gasteiger partial charge in [-0.15, -0.1) is 0 Å². The molecule has 0 atom stereocenters. The predicted molar refractivity (Wildman–Crippen MR) is 91.2 cm³/mol. The van der Waals surface area contributed by atoms with Crippen molar-refractivity contribution < 1.29 is 5.11 Å². The van der Waals surface area contributed by atoms with E-state index < -0.39 is 0 Å². The van der Waals surface area contributed by atoms with Crippen molar-refractivity contribution in [2.75, 3.05) is 0 Å². The quantitative estimate of drug-likeness (QED) is 0.537. The van der Waals surface area contributed by atoms with Crippen molar-refractivity contribution in [3.63, 3.8) is 0 Å². The van der Waals surface area contributed by atoms with E-state index in [4.69, 9.17) is 0 Å². The highest BCUT2D eigenvalue weighted by Gasteiger charge is 2.21. The van der Waals surface area contributed by atoms with Crippen LogP contribution in [-0.2, 0) is 12.8 Å². The van der Waals surface area contributed by atoms with Gasteiger partial charge in [-0.05, 0) is 57.9 Å². The molecule has 0 radical (unpaired) electrons. The van der Waals surface area contributed by atoms with Gasteiger partial charge in [0.25, 0.3) is 0 Å². The molecule has 0 unspecified atom stereocenters. The Morgan fingerprint density at radius 1 is 0.864 bits per heavy atom. The monoisotopic (exact) mass is 286 g/mol. The molecule has 0 spiro atoms. The van der Waals surface area contributed by atoms with Crippen LogP contribution in [0.25, 0.3) is 22.3 Å². The first-order chi connectivity index (χ1) is 10.8. The van der Waals surface area contributed by atoms with Gasteiger partial charge in [-0.2, -0.15) is 0 Å². The van der Waals surface area contributed by atoms with E-state index in [0.29, 0.717) is 5.75 Å². The zero-order valence-electron chi connectivity index (χ0n) is 12.6. The molecule has 0 aliphatic heterocycles. The van der Waals surface area contributed by atoms with Crippen LogP contribution in [0.1, 0.15) is 23.6 Å². The summed E-state index contributed by atoms with van der Waals surface area (Å²) < 4.78 is 0. The molecular formula is C21H18O. The number of fused-ring (bicyclic) bond motifs is 3. The smallest absolute Gasteiger partial charge is 0.119 e. The Morgan fingerprint density at radius 2 is 1.64 bits per heavy atom.